The van der Waals surface area contributed by atoms with E-state index in [2.05, 4.69) is 5.32 Å². The number of benzene rings is 1. The van der Waals surface area contributed by atoms with Crippen LogP contribution in [0.4, 0.5) is 11.4 Å². The highest BCUT2D eigenvalue weighted by Gasteiger charge is 2.16. The van der Waals surface area contributed by atoms with Gasteiger partial charge < -0.3 is 10.4 Å². The summed E-state index contributed by atoms with van der Waals surface area (Å²) >= 11 is 0. The molecule has 0 radical (unpaired) electrons. The van der Waals surface area contributed by atoms with E-state index >= 15 is 0 Å². The Morgan fingerprint density at radius 3 is 2.74 bits per heavy atom. The number of rotatable bonds is 5. The Balaban J connectivity index is 1.89. The van der Waals surface area contributed by atoms with Gasteiger partial charge in [0, 0.05) is 6.54 Å². The lowest BCUT2D eigenvalue weighted by Gasteiger charge is -2.21. The predicted molar refractivity (Wildman–Crippen MR) is 74.4 cm³/mol. The van der Waals surface area contributed by atoms with Crippen LogP contribution in [0.1, 0.15) is 38.5 Å². The second kappa shape index (κ2) is 6.41. The molecule has 5 nitrogen and oxygen atoms in total. The summed E-state index contributed by atoms with van der Waals surface area (Å²) in [6, 6.07) is 4.22. The minimum Gasteiger partial charge on any atom is -0.508 e. The van der Waals surface area contributed by atoms with Gasteiger partial charge in [0.25, 0.3) is 5.69 Å². The van der Waals surface area contributed by atoms with Gasteiger partial charge in [-0.3, -0.25) is 10.1 Å². The first-order valence-corrected chi connectivity index (χ1v) is 6.88. The Kier molecular flexibility index (Phi) is 4.60. The Morgan fingerprint density at radius 2 is 2.05 bits per heavy atom. The normalized spacial score (nSPS) is 16.2. The van der Waals surface area contributed by atoms with Crippen LogP contribution in [0.15, 0.2) is 18.2 Å². The molecule has 1 saturated carbocycles. The van der Waals surface area contributed by atoms with Crippen molar-refractivity contribution in [3.8, 4) is 5.75 Å². The van der Waals surface area contributed by atoms with E-state index in [0.29, 0.717) is 5.69 Å². The third kappa shape index (κ3) is 3.84. The van der Waals surface area contributed by atoms with Crippen molar-refractivity contribution in [2.45, 2.75) is 38.5 Å². The molecule has 5 heteroatoms. The fourth-order valence-electron chi connectivity index (χ4n) is 2.71. The van der Waals surface area contributed by atoms with Crippen LogP contribution in [0.2, 0.25) is 0 Å². The van der Waals surface area contributed by atoms with E-state index in [9.17, 15) is 15.2 Å². The molecule has 0 bridgehead atoms. The van der Waals surface area contributed by atoms with Crippen molar-refractivity contribution in [3.05, 3.63) is 28.3 Å². The van der Waals surface area contributed by atoms with Crippen molar-refractivity contribution in [2.24, 2.45) is 5.92 Å². The Bertz CT molecular complexity index is 442. The van der Waals surface area contributed by atoms with E-state index in [1.54, 1.807) is 6.07 Å². The standard InChI is InChI=1S/C14H20N2O3/c17-12-6-7-13(14(10-12)16(18)19)15-9-8-11-4-2-1-3-5-11/h6-7,10-11,15,17H,1-5,8-9H2. The van der Waals surface area contributed by atoms with Gasteiger partial charge in [-0.15, -0.1) is 0 Å². The van der Waals surface area contributed by atoms with Crippen molar-refractivity contribution in [2.75, 3.05) is 11.9 Å². The van der Waals surface area contributed by atoms with E-state index in [4.69, 9.17) is 0 Å². The van der Waals surface area contributed by atoms with Crippen LogP contribution in [0.5, 0.6) is 5.75 Å². The first-order valence-electron chi connectivity index (χ1n) is 6.88. The molecule has 1 aliphatic carbocycles. The maximum absolute atomic E-state index is 10.9. The molecule has 1 aromatic rings. The summed E-state index contributed by atoms with van der Waals surface area (Å²) in [7, 11) is 0. The molecular formula is C14H20N2O3. The Labute approximate surface area is 112 Å². The molecule has 1 aromatic carbocycles. The molecule has 19 heavy (non-hydrogen) atoms. The lowest BCUT2D eigenvalue weighted by molar-refractivity contribution is -0.384. The van der Waals surface area contributed by atoms with Gasteiger partial charge in [0.05, 0.1) is 11.0 Å². The number of phenolic OH excluding ortho intramolecular Hbond substituents is 1. The second-order valence-corrected chi connectivity index (χ2v) is 5.18. The molecule has 2 N–H and O–H groups in total. The fourth-order valence-corrected chi connectivity index (χ4v) is 2.71. The van der Waals surface area contributed by atoms with Gasteiger partial charge in [0.15, 0.2) is 0 Å². The summed E-state index contributed by atoms with van der Waals surface area (Å²) in [4.78, 5) is 10.4. The van der Waals surface area contributed by atoms with Crippen molar-refractivity contribution < 1.29 is 10.0 Å². The van der Waals surface area contributed by atoms with Crippen molar-refractivity contribution in [3.63, 3.8) is 0 Å². The quantitative estimate of drug-likeness (QED) is 0.483. The summed E-state index contributed by atoms with van der Waals surface area (Å²) in [5.41, 5.74) is 0.419. The highest BCUT2D eigenvalue weighted by Crippen LogP contribution is 2.30. The maximum Gasteiger partial charge on any atom is 0.296 e. The molecule has 0 spiro atoms. The predicted octanol–water partition coefficient (Wildman–Crippen LogP) is 3.68. The fraction of sp³-hybridized carbons (Fsp3) is 0.571. The average molecular weight is 264 g/mol. The molecule has 0 unspecified atom stereocenters. The van der Waals surface area contributed by atoms with Gasteiger partial charge >= 0.3 is 0 Å². The zero-order valence-electron chi connectivity index (χ0n) is 11.0. The topological polar surface area (TPSA) is 75.4 Å². The van der Waals surface area contributed by atoms with Crippen molar-refractivity contribution >= 4 is 11.4 Å². The number of hydrogen-bond donors (Lipinski definition) is 2. The largest absolute Gasteiger partial charge is 0.508 e. The summed E-state index contributed by atoms with van der Waals surface area (Å²) < 4.78 is 0. The summed E-state index contributed by atoms with van der Waals surface area (Å²) in [5, 5.41) is 23.3. The zero-order valence-corrected chi connectivity index (χ0v) is 11.0. The first kappa shape index (κ1) is 13.6. The number of hydrogen-bond acceptors (Lipinski definition) is 4. The van der Waals surface area contributed by atoms with E-state index < -0.39 is 4.92 Å². The van der Waals surface area contributed by atoms with Crippen LogP contribution in [-0.2, 0) is 0 Å². The SMILES string of the molecule is O=[N+]([O-])c1cc(O)ccc1NCCC1CCCCC1. The maximum atomic E-state index is 10.9. The minimum absolute atomic E-state index is 0.0661. The molecule has 1 fully saturated rings. The molecule has 0 saturated heterocycles. The highest BCUT2D eigenvalue weighted by molar-refractivity contribution is 5.63. The van der Waals surface area contributed by atoms with Gasteiger partial charge in [0.2, 0.25) is 0 Å². The van der Waals surface area contributed by atoms with E-state index in [0.717, 1.165) is 18.9 Å². The number of aromatic hydroxyl groups is 1. The lowest BCUT2D eigenvalue weighted by Crippen LogP contribution is -2.12. The average Bonchev–Trinajstić information content (AvgIpc) is 2.41. The zero-order chi connectivity index (χ0) is 13.7. The summed E-state index contributed by atoms with van der Waals surface area (Å²) in [5.74, 6) is 0.668. The molecule has 2 rings (SSSR count). The second-order valence-electron chi connectivity index (χ2n) is 5.18. The first-order chi connectivity index (χ1) is 9.16. The Morgan fingerprint density at radius 1 is 1.32 bits per heavy atom. The van der Waals surface area contributed by atoms with Crippen LogP contribution in [0.3, 0.4) is 0 Å². The van der Waals surface area contributed by atoms with Gasteiger partial charge in [-0.05, 0) is 24.5 Å². The Hall–Kier alpha value is -1.78. The molecular weight excluding hydrogens is 244 g/mol. The number of nitrogens with zero attached hydrogens (tertiary/aromatic N) is 1. The highest BCUT2D eigenvalue weighted by atomic mass is 16.6. The molecule has 0 aromatic heterocycles. The molecule has 104 valence electrons. The summed E-state index contributed by atoms with van der Waals surface area (Å²) in [6.07, 6.45) is 7.57. The summed E-state index contributed by atoms with van der Waals surface area (Å²) in [6.45, 7) is 0.746. The number of anilines is 1. The molecule has 1 aliphatic rings. The van der Waals surface area contributed by atoms with E-state index in [1.165, 1.54) is 44.2 Å². The van der Waals surface area contributed by atoms with Gasteiger partial charge in [-0.1, -0.05) is 32.1 Å². The van der Waals surface area contributed by atoms with Crippen LogP contribution in [-0.4, -0.2) is 16.6 Å². The van der Waals surface area contributed by atoms with E-state index in [-0.39, 0.29) is 11.4 Å². The van der Waals surface area contributed by atoms with E-state index in [1.807, 2.05) is 0 Å². The third-order valence-electron chi connectivity index (χ3n) is 3.77. The van der Waals surface area contributed by atoms with Crippen molar-refractivity contribution in [1.82, 2.24) is 0 Å². The third-order valence-corrected chi connectivity index (χ3v) is 3.77. The molecule has 0 aliphatic heterocycles. The minimum atomic E-state index is -0.470. The van der Waals surface area contributed by atoms with Crippen molar-refractivity contribution in [1.29, 1.82) is 0 Å². The lowest BCUT2D eigenvalue weighted by atomic mass is 9.87. The molecule has 0 heterocycles. The van der Waals surface area contributed by atoms with Crippen LogP contribution >= 0.6 is 0 Å². The molecule has 0 atom stereocenters. The number of nitro benzene ring substituents is 1. The van der Waals surface area contributed by atoms with Gasteiger partial charge in [-0.25, -0.2) is 0 Å². The number of nitro groups is 1. The van der Waals surface area contributed by atoms with Crippen LogP contribution < -0.4 is 5.32 Å². The van der Waals surface area contributed by atoms with Gasteiger partial charge in [0.1, 0.15) is 11.4 Å². The number of phenols is 1. The smallest absolute Gasteiger partial charge is 0.296 e. The molecule has 0 amide bonds. The number of nitrogens with one attached hydrogen (secondary N) is 1. The van der Waals surface area contributed by atoms with Crippen LogP contribution in [0.25, 0.3) is 0 Å². The monoisotopic (exact) mass is 264 g/mol. The van der Waals surface area contributed by atoms with Gasteiger partial charge in [-0.2, -0.15) is 0 Å². The van der Waals surface area contributed by atoms with Crippen LogP contribution in [0, 0.1) is 16.0 Å².